The van der Waals surface area contributed by atoms with Gasteiger partial charge in [-0.2, -0.15) is 5.10 Å². The zero-order chi connectivity index (χ0) is 18.0. The van der Waals surface area contributed by atoms with Crippen LogP contribution in [-0.2, 0) is 6.42 Å². The van der Waals surface area contributed by atoms with Gasteiger partial charge in [-0.1, -0.05) is 0 Å². The molecule has 1 aromatic heterocycles. The highest BCUT2D eigenvalue weighted by molar-refractivity contribution is 7.80. The summed E-state index contributed by atoms with van der Waals surface area (Å²) in [6.07, 6.45) is 2.26. The third-order valence-corrected chi connectivity index (χ3v) is 3.93. The Morgan fingerprint density at radius 1 is 1.36 bits per heavy atom. The van der Waals surface area contributed by atoms with E-state index in [1.807, 2.05) is 0 Å². The number of carbonyl (C=O) groups is 1. The van der Waals surface area contributed by atoms with Crippen molar-refractivity contribution in [2.45, 2.75) is 26.2 Å². The van der Waals surface area contributed by atoms with Gasteiger partial charge in [0.25, 0.3) is 0 Å². The van der Waals surface area contributed by atoms with Crippen LogP contribution < -0.4 is 15.9 Å². The number of benzene rings is 1. The molecule has 0 amide bonds. The minimum Gasteiger partial charge on any atom is -0.453 e. The van der Waals surface area contributed by atoms with Crippen molar-refractivity contribution in [3.05, 3.63) is 52.7 Å². The zero-order valence-electron chi connectivity index (χ0n) is 13.5. The fraction of sp³-hybridized carbons (Fsp3) is 0.235. The largest absolute Gasteiger partial charge is 0.453 e. The molecule has 1 aliphatic carbocycles. The van der Waals surface area contributed by atoms with Gasteiger partial charge >= 0.3 is 5.97 Å². The summed E-state index contributed by atoms with van der Waals surface area (Å²) < 4.78 is 23.9. The summed E-state index contributed by atoms with van der Waals surface area (Å²) in [6, 6.07) is 5.19. The monoisotopic (exact) mass is 361 g/mol. The molecule has 1 aliphatic rings. The van der Waals surface area contributed by atoms with Crippen LogP contribution >= 0.6 is 12.2 Å². The summed E-state index contributed by atoms with van der Waals surface area (Å²) in [5, 5.41) is 4.26. The smallest absolute Gasteiger partial charge is 0.379 e. The molecule has 3 N–H and O–H groups in total. The number of hydrazone groups is 1. The molecular formula is C17H16FN3O3S. The molecule has 0 aliphatic heterocycles. The molecule has 130 valence electrons. The Bertz CT molecular complexity index is 859. The van der Waals surface area contributed by atoms with Gasteiger partial charge in [-0.3, -0.25) is 5.43 Å². The molecule has 0 spiro atoms. The molecule has 1 aromatic carbocycles. The Labute approximate surface area is 148 Å². The molecule has 0 atom stereocenters. The van der Waals surface area contributed by atoms with Gasteiger partial charge in [-0.15, -0.1) is 0 Å². The van der Waals surface area contributed by atoms with Crippen molar-refractivity contribution in [1.29, 1.82) is 0 Å². The summed E-state index contributed by atoms with van der Waals surface area (Å²) in [7, 11) is 0. The van der Waals surface area contributed by atoms with Crippen molar-refractivity contribution < 1.29 is 18.3 Å². The molecule has 0 unspecified atom stereocenters. The van der Waals surface area contributed by atoms with Gasteiger partial charge in [0, 0.05) is 17.5 Å². The zero-order valence-corrected chi connectivity index (χ0v) is 14.3. The molecule has 0 radical (unpaired) electrons. The van der Waals surface area contributed by atoms with Crippen LogP contribution in [0, 0.1) is 12.7 Å². The number of nitrogens with two attached hydrogens (primary N) is 1. The van der Waals surface area contributed by atoms with Gasteiger partial charge in [0.05, 0.1) is 5.71 Å². The summed E-state index contributed by atoms with van der Waals surface area (Å²) in [5.41, 5.74) is 10.1. The minimum absolute atomic E-state index is 0.0664. The van der Waals surface area contributed by atoms with E-state index in [9.17, 15) is 9.18 Å². The molecule has 0 fully saturated rings. The first-order chi connectivity index (χ1) is 12.0. The molecular weight excluding hydrogens is 345 g/mol. The number of halogens is 1. The minimum atomic E-state index is -0.639. The maximum Gasteiger partial charge on any atom is 0.379 e. The molecule has 8 heteroatoms. The summed E-state index contributed by atoms with van der Waals surface area (Å²) in [6.45, 7) is 1.77. The van der Waals surface area contributed by atoms with Crippen LogP contribution in [0.25, 0.3) is 0 Å². The van der Waals surface area contributed by atoms with E-state index in [0.717, 1.165) is 24.1 Å². The SMILES string of the molecule is Cc1c(C(=O)Oc2ccc(F)cc2)oc2c1/C(=N/NC(N)=S)CCC2. The third-order valence-electron chi connectivity index (χ3n) is 3.84. The lowest BCUT2D eigenvalue weighted by atomic mass is 9.93. The maximum atomic E-state index is 12.9. The molecule has 0 saturated heterocycles. The quantitative estimate of drug-likeness (QED) is 0.378. The van der Waals surface area contributed by atoms with E-state index in [0.29, 0.717) is 17.7 Å². The predicted octanol–water partition coefficient (Wildman–Crippen LogP) is 2.82. The average Bonchev–Trinajstić information content (AvgIpc) is 2.93. The van der Waals surface area contributed by atoms with E-state index in [-0.39, 0.29) is 16.6 Å². The van der Waals surface area contributed by atoms with E-state index in [1.165, 1.54) is 24.3 Å². The van der Waals surface area contributed by atoms with Crippen molar-refractivity contribution in [1.82, 2.24) is 5.43 Å². The Hall–Kier alpha value is -2.74. The normalized spacial score (nSPS) is 14.9. The average molecular weight is 361 g/mol. The van der Waals surface area contributed by atoms with Gasteiger partial charge in [0.2, 0.25) is 5.76 Å². The number of furan rings is 1. The lowest BCUT2D eigenvalue weighted by molar-refractivity contribution is 0.0698. The summed E-state index contributed by atoms with van der Waals surface area (Å²) >= 11 is 4.76. The highest BCUT2D eigenvalue weighted by Crippen LogP contribution is 2.30. The fourth-order valence-corrected chi connectivity index (χ4v) is 2.80. The van der Waals surface area contributed by atoms with Crippen LogP contribution in [0.3, 0.4) is 0 Å². The Morgan fingerprint density at radius 2 is 2.08 bits per heavy atom. The second-order valence-corrected chi connectivity index (χ2v) is 6.03. The van der Waals surface area contributed by atoms with Crippen LogP contribution in [0.4, 0.5) is 4.39 Å². The number of rotatable bonds is 3. The molecule has 3 rings (SSSR count). The molecule has 0 saturated carbocycles. The highest BCUT2D eigenvalue weighted by atomic mass is 32.1. The van der Waals surface area contributed by atoms with Crippen LogP contribution in [0.5, 0.6) is 5.75 Å². The molecule has 2 aromatic rings. The molecule has 6 nitrogen and oxygen atoms in total. The standard InChI is InChI=1S/C17H16FN3O3S/c1-9-14-12(20-21-17(19)25)3-2-4-13(14)24-15(9)16(22)23-11-7-5-10(18)6-8-11/h5-8H,2-4H2,1H3,(H3,19,21,25)/b20-12+. The summed E-state index contributed by atoms with van der Waals surface area (Å²) in [4.78, 5) is 12.4. The lowest BCUT2D eigenvalue weighted by Crippen LogP contribution is -2.26. The van der Waals surface area contributed by atoms with E-state index in [4.69, 9.17) is 27.1 Å². The number of fused-ring (bicyclic) bond motifs is 1. The van der Waals surface area contributed by atoms with Crippen LogP contribution in [0.1, 0.15) is 40.3 Å². The lowest BCUT2D eigenvalue weighted by Gasteiger charge is -2.13. The Balaban J connectivity index is 1.88. The van der Waals surface area contributed by atoms with Crippen LogP contribution in [-0.4, -0.2) is 16.8 Å². The van der Waals surface area contributed by atoms with Gasteiger partial charge < -0.3 is 14.9 Å². The number of ether oxygens (including phenoxy) is 1. The summed E-state index contributed by atoms with van der Waals surface area (Å²) in [5.74, 6) is -0.0162. The van der Waals surface area contributed by atoms with Gasteiger partial charge in [0.15, 0.2) is 5.11 Å². The second kappa shape index (κ2) is 7.02. The van der Waals surface area contributed by atoms with Gasteiger partial charge in [-0.25, -0.2) is 9.18 Å². The number of hydrogen-bond acceptors (Lipinski definition) is 5. The number of esters is 1. The van der Waals surface area contributed by atoms with Crippen LogP contribution in [0.2, 0.25) is 0 Å². The maximum absolute atomic E-state index is 12.9. The van der Waals surface area contributed by atoms with E-state index in [1.54, 1.807) is 6.92 Å². The van der Waals surface area contributed by atoms with E-state index in [2.05, 4.69) is 10.5 Å². The first-order valence-electron chi connectivity index (χ1n) is 7.68. The van der Waals surface area contributed by atoms with Crippen LogP contribution in [0.15, 0.2) is 33.8 Å². The molecule has 1 heterocycles. The third kappa shape index (κ3) is 3.69. The molecule has 25 heavy (non-hydrogen) atoms. The van der Waals surface area contributed by atoms with Gasteiger partial charge in [0.1, 0.15) is 17.3 Å². The van der Waals surface area contributed by atoms with Crippen molar-refractivity contribution >= 4 is 29.0 Å². The predicted molar refractivity (Wildman–Crippen MR) is 94.2 cm³/mol. The number of thiocarbonyl (C=S) groups is 1. The molecule has 0 bridgehead atoms. The van der Waals surface area contributed by atoms with E-state index < -0.39 is 11.8 Å². The number of aryl methyl sites for hydroxylation is 1. The van der Waals surface area contributed by atoms with Crippen molar-refractivity contribution in [2.24, 2.45) is 10.8 Å². The topological polar surface area (TPSA) is 89.8 Å². The fourth-order valence-electron chi connectivity index (χ4n) is 2.75. The first-order valence-corrected chi connectivity index (χ1v) is 8.09. The van der Waals surface area contributed by atoms with Crippen molar-refractivity contribution in [3.63, 3.8) is 0 Å². The van der Waals surface area contributed by atoms with E-state index >= 15 is 0 Å². The van der Waals surface area contributed by atoms with Crippen molar-refractivity contribution in [3.8, 4) is 5.75 Å². The number of nitrogens with one attached hydrogen (secondary N) is 1. The number of nitrogens with zero attached hydrogens (tertiary/aromatic N) is 1. The Morgan fingerprint density at radius 3 is 2.76 bits per heavy atom. The second-order valence-electron chi connectivity index (χ2n) is 5.59. The highest BCUT2D eigenvalue weighted by Gasteiger charge is 2.29. The Kier molecular flexibility index (Phi) is 4.80. The first kappa shape index (κ1) is 17.1. The van der Waals surface area contributed by atoms with Crippen molar-refractivity contribution in [2.75, 3.05) is 0 Å². The number of hydrogen-bond donors (Lipinski definition) is 2. The van der Waals surface area contributed by atoms with Gasteiger partial charge in [-0.05, 0) is 56.2 Å². The number of carbonyl (C=O) groups excluding carboxylic acids is 1.